The van der Waals surface area contributed by atoms with Crippen LogP contribution in [-0.4, -0.2) is 29.5 Å². The maximum atomic E-state index is 12.1. The zero-order valence-electron chi connectivity index (χ0n) is 13.3. The smallest absolute Gasteiger partial charge is 0.408 e. The van der Waals surface area contributed by atoms with Crippen molar-refractivity contribution in [1.29, 1.82) is 0 Å². The highest BCUT2D eigenvalue weighted by Crippen LogP contribution is 2.17. The highest BCUT2D eigenvalue weighted by Gasteiger charge is 2.25. The molecule has 1 N–H and O–H groups in total. The Morgan fingerprint density at radius 2 is 1.82 bits per heavy atom. The van der Waals surface area contributed by atoms with E-state index in [1.165, 1.54) is 0 Å². The molecule has 1 amide bonds. The number of carbonyl (C=O) groups is 2. The third-order valence-corrected chi connectivity index (χ3v) is 3.09. The number of amides is 1. The molecule has 0 radical (unpaired) electrons. The van der Waals surface area contributed by atoms with E-state index >= 15 is 0 Å². The number of hydrogen-bond acceptors (Lipinski definition) is 5. The first-order chi connectivity index (χ1) is 10.2. The molecule has 1 aromatic carbocycles. The van der Waals surface area contributed by atoms with Gasteiger partial charge in [0.2, 0.25) is 0 Å². The van der Waals surface area contributed by atoms with Gasteiger partial charge in [-0.3, -0.25) is 0 Å². The van der Waals surface area contributed by atoms with Crippen LogP contribution in [0.25, 0.3) is 0 Å². The maximum absolute atomic E-state index is 12.1. The molecule has 0 aromatic heterocycles. The van der Waals surface area contributed by atoms with Crippen LogP contribution in [0.5, 0.6) is 0 Å². The van der Waals surface area contributed by atoms with Gasteiger partial charge in [-0.05, 0) is 33.3 Å². The number of hydrogen-bond donors (Lipinski definition) is 2. The quantitative estimate of drug-likeness (QED) is 0.645. The van der Waals surface area contributed by atoms with Crippen molar-refractivity contribution in [3.63, 3.8) is 0 Å². The second-order valence-electron chi connectivity index (χ2n) is 5.87. The van der Waals surface area contributed by atoms with E-state index in [4.69, 9.17) is 9.47 Å². The van der Waals surface area contributed by atoms with Crippen LogP contribution in [0, 0.1) is 0 Å². The standard InChI is InChI=1S/C16H23NO4S/c1-11(12-8-6-5-7-9-12)20-14(18)13(10-22)17-15(19)21-16(2,3)4/h5-9,11,13,22H,10H2,1-4H3,(H,17,19)/t11?,13-/m0/s1. The zero-order chi connectivity index (χ0) is 16.8. The molecule has 0 saturated carbocycles. The summed E-state index contributed by atoms with van der Waals surface area (Å²) in [4.78, 5) is 23.8. The van der Waals surface area contributed by atoms with Gasteiger partial charge in [-0.1, -0.05) is 30.3 Å². The Kier molecular flexibility index (Phi) is 6.74. The Bertz CT molecular complexity index is 499. The lowest BCUT2D eigenvalue weighted by molar-refractivity contribution is -0.150. The van der Waals surface area contributed by atoms with Crippen molar-refractivity contribution >= 4 is 24.7 Å². The van der Waals surface area contributed by atoms with Gasteiger partial charge in [0.05, 0.1) is 0 Å². The summed E-state index contributed by atoms with van der Waals surface area (Å²) in [5, 5.41) is 2.47. The summed E-state index contributed by atoms with van der Waals surface area (Å²) in [5.74, 6) is -0.420. The summed E-state index contributed by atoms with van der Waals surface area (Å²) in [6.07, 6.45) is -1.08. The fourth-order valence-corrected chi connectivity index (χ4v) is 1.92. The minimum absolute atomic E-state index is 0.125. The van der Waals surface area contributed by atoms with E-state index in [1.54, 1.807) is 27.7 Å². The van der Waals surface area contributed by atoms with Crippen LogP contribution in [0.15, 0.2) is 30.3 Å². The normalized spacial score (nSPS) is 13.9. The van der Waals surface area contributed by atoms with Gasteiger partial charge in [0.25, 0.3) is 0 Å². The Balaban J connectivity index is 2.59. The first kappa shape index (κ1) is 18.4. The minimum Gasteiger partial charge on any atom is -0.456 e. The second kappa shape index (κ2) is 8.08. The summed E-state index contributed by atoms with van der Waals surface area (Å²) in [7, 11) is 0. The average Bonchev–Trinajstić information content (AvgIpc) is 2.43. The number of nitrogens with one attached hydrogen (secondary N) is 1. The van der Waals surface area contributed by atoms with Gasteiger partial charge in [-0.25, -0.2) is 9.59 Å². The molecule has 0 aliphatic heterocycles. The van der Waals surface area contributed by atoms with Crippen LogP contribution in [-0.2, 0) is 14.3 Å². The predicted molar refractivity (Wildman–Crippen MR) is 88.0 cm³/mol. The minimum atomic E-state index is -0.857. The Morgan fingerprint density at radius 1 is 1.23 bits per heavy atom. The number of esters is 1. The zero-order valence-corrected chi connectivity index (χ0v) is 14.2. The molecular formula is C16H23NO4S. The molecule has 0 aliphatic rings. The number of alkyl carbamates (subject to hydrolysis) is 1. The van der Waals surface area contributed by atoms with Crippen molar-refractivity contribution < 1.29 is 19.1 Å². The number of rotatable bonds is 5. The summed E-state index contributed by atoms with van der Waals surface area (Å²) >= 11 is 4.08. The van der Waals surface area contributed by atoms with Crippen molar-refractivity contribution in [2.45, 2.75) is 45.4 Å². The molecular weight excluding hydrogens is 302 g/mol. The molecule has 0 saturated heterocycles. The summed E-state index contributed by atoms with van der Waals surface area (Å²) in [6.45, 7) is 7.02. The van der Waals surface area contributed by atoms with E-state index in [1.807, 2.05) is 30.3 Å². The summed E-state index contributed by atoms with van der Waals surface area (Å²) in [6, 6.07) is 8.51. The first-order valence-corrected chi connectivity index (χ1v) is 7.72. The van der Waals surface area contributed by atoms with Crippen LogP contribution in [0.1, 0.15) is 39.4 Å². The van der Waals surface area contributed by atoms with E-state index in [0.717, 1.165) is 5.56 Å². The fourth-order valence-electron chi connectivity index (χ4n) is 1.68. The van der Waals surface area contributed by atoms with Gasteiger partial charge in [0.15, 0.2) is 0 Å². The molecule has 0 bridgehead atoms. The molecule has 0 fully saturated rings. The van der Waals surface area contributed by atoms with Gasteiger partial charge in [0.1, 0.15) is 17.7 Å². The molecule has 6 heteroatoms. The molecule has 2 atom stereocenters. The summed E-state index contributed by atoms with van der Waals surface area (Å²) in [5.41, 5.74) is 0.248. The van der Waals surface area contributed by atoms with Crippen molar-refractivity contribution in [3.8, 4) is 0 Å². The van der Waals surface area contributed by atoms with E-state index in [9.17, 15) is 9.59 Å². The lowest BCUT2D eigenvalue weighted by Crippen LogP contribution is -2.45. The molecule has 1 rings (SSSR count). The topological polar surface area (TPSA) is 64.6 Å². The van der Waals surface area contributed by atoms with Crippen LogP contribution in [0.4, 0.5) is 4.79 Å². The Morgan fingerprint density at radius 3 is 2.32 bits per heavy atom. The van der Waals surface area contributed by atoms with Crippen molar-refractivity contribution in [2.24, 2.45) is 0 Å². The van der Waals surface area contributed by atoms with Crippen molar-refractivity contribution in [2.75, 3.05) is 5.75 Å². The molecule has 22 heavy (non-hydrogen) atoms. The van der Waals surface area contributed by atoms with Gasteiger partial charge in [-0.15, -0.1) is 0 Å². The highest BCUT2D eigenvalue weighted by atomic mass is 32.1. The van der Waals surface area contributed by atoms with Gasteiger partial charge < -0.3 is 14.8 Å². The molecule has 0 heterocycles. The number of ether oxygens (including phenoxy) is 2. The highest BCUT2D eigenvalue weighted by molar-refractivity contribution is 7.80. The number of thiol groups is 1. The monoisotopic (exact) mass is 325 g/mol. The van der Waals surface area contributed by atoms with Gasteiger partial charge in [-0.2, -0.15) is 12.6 Å². The molecule has 5 nitrogen and oxygen atoms in total. The third-order valence-electron chi connectivity index (χ3n) is 2.72. The first-order valence-electron chi connectivity index (χ1n) is 7.08. The van der Waals surface area contributed by atoms with Crippen molar-refractivity contribution in [3.05, 3.63) is 35.9 Å². The largest absolute Gasteiger partial charge is 0.456 e. The number of benzene rings is 1. The van der Waals surface area contributed by atoms with Crippen molar-refractivity contribution in [1.82, 2.24) is 5.32 Å². The molecule has 1 unspecified atom stereocenters. The van der Waals surface area contributed by atoms with Crippen LogP contribution in [0.3, 0.4) is 0 Å². The molecule has 0 aliphatic carbocycles. The van der Waals surface area contributed by atoms with E-state index in [0.29, 0.717) is 0 Å². The van der Waals surface area contributed by atoms with Crippen LogP contribution < -0.4 is 5.32 Å². The van der Waals surface area contributed by atoms with Gasteiger partial charge >= 0.3 is 12.1 Å². The van der Waals surface area contributed by atoms with Crippen LogP contribution in [0.2, 0.25) is 0 Å². The molecule has 122 valence electrons. The van der Waals surface area contributed by atoms with E-state index in [2.05, 4.69) is 17.9 Å². The number of carbonyl (C=O) groups excluding carboxylic acids is 2. The Hall–Kier alpha value is -1.69. The predicted octanol–water partition coefficient (Wildman–Crippen LogP) is 3.11. The Labute approximate surface area is 136 Å². The lowest BCUT2D eigenvalue weighted by atomic mass is 10.1. The van der Waals surface area contributed by atoms with Gasteiger partial charge in [0, 0.05) is 5.75 Å². The second-order valence-corrected chi connectivity index (χ2v) is 6.24. The molecule has 1 aromatic rings. The fraction of sp³-hybridized carbons (Fsp3) is 0.500. The SMILES string of the molecule is CC(OC(=O)[C@H](CS)NC(=O)OC(C)(C)C)c1ccccc1. The van der Waals surface area contributed by atoms with Crippen LogP contribution >= 0.6 is 12.6 Å². The molecule has 0 spiro atoms. The average molecular weight is 325 g/mol. The van der Waals surface area contributed by atoms with E-state index in [-0.39, 0.29) is 5.75 Å². The third kappa shape index (κ3) is 6.39. The maximum Gasteiger partial charge on any atom is 0.408 e. The lowest BCUT2D eigenvalue weighted by Gasteiger charge is -2.23. The van der Waals surface area contributed by atoms with E-state index < -0.39 is 29.8 Å². The summed E-state index contributed by atoms with van der Waals surface area (Å²) < 4.78 is 10.5.